The van der Waals surface area contributed by atoms with Gasteiger partial charge in [-0.1, -0.05) is 72.0 Å². The molecule has 0 radical (unpaired) electrons. The maximum atomic E-state index is 11.2. The van der Waals surface area contributed by atoms with Crippen LogP contribution in [0.4, 0.5) is 0 Å². The average Bonchev–Trinajstić information content (AvgIpc) is 2.48. The molecular weight excluding hydrogens is 266 g/mol. The summed E-state index contributed by atoms with van der Waals surface area (Å²) in [6.07, 6.45) is 25.7. The van der Waals surface area contributed by atoms with Crippen LogP contribution in [0.2, 0.25) is 0 Å². The summed E-state index contributed by atoms with van der Waals surface area (Å²) in [6, 6.07) is 0. The summed E-state index contributed by atoms with van der Waals surface area (Å²) in [7, 11) is 0. The van der Waals surface area contributed by atoms with Crippen LogP contribution in [0.25, 0.3) is 0 Å². The number of hydrogen-bond donors (Lipinski definition) is 1. The highest BCUT2D eigenvalue weighted by atomic mass is 16.7. The molecule has 0 unspecified atom stereocenters. The van der Waals surface area contributed by atoms with Gasteiger partial charge in [-0.15, -0.1) is 5.59 Å². The van der Waals surface area contributed by atoms with Crippen LogP contribution in [-0.4, -0.2) is 5.91 Å². The van der Waals surface area contributed by atoms with E-state index in [1.807, 2.05) is 54.7 Å². The Kier molecular flexibility index (Phi) is 9.28. The summed E-state index contributed by atoms with van der Waals surface area (Å²) in [5.74, 6) is -0.457. The Morgan fingerprint density at radius 1 is 0.857 bits per heavy atom. The van der Waals surface area contributed by atoms with Crippen molar-refractivity contribution in [2.75, 3.05) is 0 Å². The van der Waals surface area contributed by atoms with Crippen molar-refractivity contribution in [3.63, 3.8) is 0 Å². The maximum absolute atomic E-state index is 11.2. The van der Waals surface area contributed by atoms with Gasteiger partial charge in [0, 0.05) is 6.08 Å². The van der Waals surface area contributed by atoms with Gasteiger partial charge in [0.25, 0.3) is 5.91 Å². The van der Waals surface area contributed by atoms with Gasteiger partial charge < -0.3 is 4.84 Å². The second-order valence-corrected chi connectivity index (χ2v) is 3.68. The van der Waals surface area contributed by atoms with Gasteiger partial charge in [-0.3, -0.25) is 4.79 Å². The molecule has 1 aliphatic rings. The SMILES string of the molecule is O=C1/C=C/C/C=C/C=C\C=C\C=C\C=C\C=C/ON/N=N/1. The van der Waals surface area contributed by atoms with Crippen molar-refractivity contribution in [2.24, 2.45) is 10.3 Å². The van der Waals surface area contributed by atoms with E-state index < -0.39 is 5.91 Å². The quantitative estimate of drug-likeness (QED) is 0.738. The van der Waals surface area contributed by atoms with Crippen molar-refractivity contribution in [2.45, 2.75) is 6.42 Å². The Labute approximate surface area is 124 Å². The molecule has 1 aliphatic heterocycles. The molecule has 5 nitrogen and oxygen atoms in total. The summed E-state index contributed by atoms with van der Waals surface area (Å²) in [6.45, 7) is 0. The third-order valence-electron chi connectivity index (χ3n) is 2.06. The highest BCUT2D eigenvalue weighted by molar-refractivity contribution is 5.87. The molecule has 1 rings (SSSR count). The molecule has 5 heteroatoms. The van der Waals surface area contributed by atoms with E-state index in [0.29, 0.717) is 6.42 Å². The predicted molar refractivity (Wildman–Crippen MR) is 82.7 cm³/mol. The molecule has 0 saturated carbocycles. The van der Waals surface area contributed by atoms with Crippen LogP contribution >= 0.6 is 0 Å². The first-order chi connectivity index (χ1) is 10.4. The monoisotopic (exact) mass is 283 g/mol. The lowest BCUT2D eigenvalue weighted by Crippen LogP contribution is -2.00. The van der Waals surface area contributed by atoms with Crippen LogP contribution < -0.4 is 5.59 Å². The molecule has 0 aromatic carbocycles. The van der Waals surface area contributed by atoms with Crippen LogP contribution in [0.5, 0.6) is 0 Å². The molecule has 108 valence electrons. The molecule has 1 N–H and O–H groups in total. The van der Waals surface area contributed by atoms with E-state index in [-0.39, 0.29) is 0 Å². The lowest BCUT2D eigenvalue weighted by atomic mass is 10.3. The highest BCUT2D eigenvalue weighted by Crippen LogP contribution is 1.90. The molecule has 0 aliphatic carbocycles. The van der Waals surface area contributed by atoms with Gasteiger partial charge in [0.05, 0.1) is 0 Å². The molecule has 21 heavy (non-hydrogen) atoms. The summed E-state index contributed by atoms with van der Waals surface area (Å²) in [4.78, 5) is 16.0. The lowest BCUT2D eigenvalue weighted by molar-refractivity contribution is -0.114. The van der Waals surface area contributed by atoms with Gasteiger partial charge in [-0.05, 0) is 17.7 Å². The Hall–Kier alpha value is -2.95. The normalized spacial score (nSPS) is 28.9. The Bertz CT molecular complexity index is 536. The van der Waals surface area contributed by atoms with Crippen molar-refractivity contribution >= 4 is 5.91 Å². The van der Waals surface area contributed by atoms with Crippen molar-refractivity contribution in [1.29, 1.82) is 0 Å². The first kappa shape index (κ1) is 16.1. The minimum Gasteiger partial charge on any atom is -0.372 e. The van der Waals surface area contributed by atoms with E-state index in [1.165, 1.54) is 12.3 Å². The number of hydrogen-bond acceptors (Lipinski definition) is 4. The van der Waals surface area contributed by atoms with Gasteiger partial charge in [0.15, 0.2) is 0 Å². The summed E-state index contributed by atoms with van der Waals surface area (Å²) >= 11 is 0. The van der Waals surface area contributed by atoms with Crippen molar-refractivity contribution in [3.8, 4) is 0 Å². The van der Waals surface area contributed by atoms with E-state index in [0.717, 1.165) is 0 Å². The van der Waals surface area contributed by atoms with Crippen LogP contribution in [0.1, 0.15) is 6.42 Å². The number of allylic oxidation sites excluding steroid dienone is 12. The van der Waals surface area contributed by atoms with E-state index in [2.05, 4.69) is 15.9 Å². The number of nitrogens with one attached hydrogen (secondary N) is 1. The van der Waals surface area contributed by atoms with E-state index in [4.69, 9.17) is 4.84 Å². The number of carbonyl (C=O) groups is 1. The third-order valence-corrected chi connectivity index (χ3v) is 2.06. The van der Waals surface area contributed by atoms with Gasteiger partial charge >= 0.3 is 0 Å². The fourth-order valence-corrected chi connectivity index (χ4v) is 1.16. The first-order valence-corrected chi connectivity index (χ1v) is 6.40. The molecule has 1 heterocycles. The third kappa shape index (κ3) is 10.6. The molecular formula is C16H17N3O2. The maximum Gasteiger partial charge on any atom is 0.289 e. The topological polar surface area (TPSA) is 63.0 Å². The zero-order chi connectivity index (χ0) is 15.0. The Morgan fingerprint density at radius 3 is 2.19 bits per heavy atom. The van der Waals surface area contributed by atoms with Crippen LogP contribution in [-0.2, 0) is 9.63 Å². The van der Waals surface area contributed by atoms with E-state index in [9.17, 15) is 4.79 Å². The van der Waals surface area contributed by atoms with Crippen molar-refractivity contribution in [3.05, 3.63) is 85.3 Å². The van der Waals surface area contributed by atoms with E-state index in [1.54, 1.807) is 18.2 Å². The fraction of sp³-hybridized carbons (Fsp3) is 0.0625. The van der Waals surface area contributed by atoms with Crippen molar-refractivity contribution in [1.82, 2.24) is 5.59 Å². The second kappa shape index (κ2) is 12.1. The standard InChI is InChI=1S/C16H17N3O2/c20-16-14-12-10-8-6-4-2-1-3-5-7-9-11-13-15-21-19-18-17-16/h1-9,11-15H,10H2,(H,17,19,20)/b3-1+,4-2-,7-5+,8-6+,11-9+,14-12+,15-13-. The fourth-order valence-electron chi connectivity index (χ4n) is 1.16. The molecule has 0 atom stereocenters. The first-order valence-electron chi connectivity index (χ1n) is 6.40. The van der Waals surface area contributed by atoms with Gasteiger partial charge in [-0.25, -0.2) is 0 Å². The van der Waals surface area contributed by atoms with Gasteiger partial charge in [0.1, 0.15) is 6.26 Å². The second-order valence-electron chi connectivity index (χ2n) is 3.68. The zero-order valence-electron chi connectivity index (χ0n) is 11.5. The minimum absolute atomic E-state index is 0.457. The molecule has 0 fully saturated rings. The number of nitrogens with zero attached hydrogens (tertiary/aromatic N) is 2. The largest absolute Gasteiger partial charge is 0.372 e. The molecule has 0 saturated heterocycles. The molecule has 0 aromatic heterocycles. The van der Waals surface area contributed by atoms with Crippen LogP contribution in [0, 0.1) is 0 Å². The van der Waals surface area contributed by atoms with Crippen LogP contribution in [0.3, 0.4) is 0 Å². The summed E-state index contributed by atoms with van der Waals surface area (Å²) < 4.78 is 0. The molecule has 0 spiro atoms. The number of amides is 1. The van der Waals surface area contributed by atoms with Gasteiger partial charge in [-0.2, -0.15) is 0 Å². The number of rotatable bonds is 0. The molecule has 0 bridgehead atoms. The van der Waals surface area contributed by atoms with Gasteiger partial charge in [0.2, 0.25) is 0 Å². The smallest absolute Gasteiger partial charge is 0.289 e. The minimum atomic E-state index is -0.457. The van der Waals surface area contributed by atoms with E-state index >= 15 is 0 Å². The lowest BCUT2D eigenvalue weighted by Gasteiger charge is -1.92. The summed E-state index contributed by atoms with van der Waals surface area (Å²) in [5.41, 5.74) is 2.17. The molecule has 1 amide bonds. The highest BCUT2D eigenvalue weighted by Gasteiger charge is 1.88. The summed E-state index contributed by atoms with van der Waals surface area (Å²) in [5, 5.41) is 6.73. The number of carbonyl (C=O) groups excluding carboxylic acids is 1. The Morgan fingerprint density at radius 2 is 1.48 bits per heavy atom. The zero-order valence-corrected chi connectivity index (χ0v) is 11.5. The van der Waals surface area contributed by atoms with Crippen LogP contribution in [0.15, 0.2) is 95.6 Å². The molecule has 0 aromatic rings. The van der Waals surface area contributed by atoms with Crippen molar-refractivity contribution < 1.29 is 9.63 Å². The Balaban J connectivity index is 2.61. The predicted octanol–water partition coefficient (Wildman–Crippen LogP) is 3.66. The average molecular weight is 283 g/mol.